The second-order valence-corrected chi connectivity index (χ2v) is 5.86. The second kappa shape index (κ2) is 5.75. The number of benzene rings is 2. The quantitative estimate of drug-likeness (QED) is 0.842. The van der Waals surface area contributed by atoms with E-state index in [4.69, 9.17) is 4.74 Å². The van der Waals surface area contributed by atoms with Crippen LogP contribution in [0.25, 0.3) is 11.1 Å². The monoisotopic (exact) mass is 306 g/mol. The predicted octanol–water partition coefficient (Wildman–Crippen LogP) is 4.29. The van der Waals surface area contributed by atoms with E-state index in [0.717, 1.165) is 12.1 Å². The summed E-state index contributed by atoms with van der Waals surface area (Å²) >= 11 is 0. The SMILES string of the molecule is CC(C)(C)OC(=O)c1cc(-c2ccc(F)cc2F)ccc1O. The smallest absolute Gasteiger partial charge is 0.342 e. The maximum Gasteiger partial charge on any atom is 0.342 e. The maximum atomic E-state index is 13.8. The van der Waals surface area contributed by atoms with Crippen molar-refractivity contribution in [3.63, 3.8) is 0 Å². The number of phenolic OH excluding ortho intramolecular Hbond substituents is 1. The molecule has 0 atom stereocenters. The topological polar surface area (TPSA) is 46.5 Å². The number of carbonyl (C=O) groups excluding carboxylic acids is 1. The summed E-state index contributed by atoms with van der Waals surface area (Å²) in [6.07, 6.45) is 0. The molecule has 0 fully saturated rings. The van der Waals surface area contributed by atoms with Gasteiger partial charge in [-0.25, -0.2) is 13.6 Å². The minimum absolute atomic E-state index is 0.0730. The molecule has 0 saturated carbocycles. The Kier molecular flexibility index (Phi) is 4.17. The van der Waals surface area contributed by atoms with E-state index in [1.54, 1.807) is 20.8 Å². The Balaban J connectivity index is 2.44. The Morgan fingerprint density at radius 1 is 1.09 bits per heavy atom. The number of aromatic hydroxyl groups is 1. The van der Waals surface area contributed by atoms with Gasteiger partial charge in [0.2, 0.25) is 0 Å². The number of halogens is 2. The largest absolute Gasteiger partial charge is 0.507 e. The van der Waals surface area contributed by atoms with Gasteiger partial charge in [0.05, 0.1) is 0 Å². The van der Waals surface area contributed by atoms with Gasteiger partial charge in [-0.2, -0.15) is 0 Å². The molecule has 0 saturated heterocycles. The number of phenols is 1. The summed E-state index contributed by atoms with van der Waals surface area (Å²) in [6.45, 7) is 5.10. The highest BCUT2D eigenvalue weighted by Gasteiger charge is 2.21. The summed E-state index contributed by atoms with van der Waals surface area (Å²) in [7, 11) is 0. The summed E-state index contributed by atoms with van der Waals surface area (Å²) < 4.78 is 32.0. The van der Waals surface area contributed by atoms with Crippen LogP contribution in [0.2, 0.25) is 0 Å². The summed E-state index contributed by atoms with van der Waals surface area (Å²) in [5.74, 6) is -2.41. The first-order valence-corrected chi connectivity index (χ1v) is 6.69. The number of carbonyl (C=O) groups is 1. The third kappa shape index (κ3) is 3.61. The van der Waals surface area contributed by atoms with Crippen LogP contribution in [0.4, 0.5) is 8.78 Å². The predicted molar refractivity (Wildman–Crippen MR) is 78.6 cm³/mol. The van der Waals surface area contributed by atoms with Crippen molar-refractivity contribution in [3.8, 4) is 16.9 Å². The van der Waals surface area contributed by atoms with Crippen molar-refractivity contribution >= 4 is 5.97 Å². The number of esters is 1. The zero-order valence-electron chi connectivity index (χ0n) is 12.5. The van der Waals surface area contributed by atoms with Crippen LogP contribution < -0.4 is 0 Å². The first-order chi connectivity index (χ1) is 10.2. The van der Waals surface area contributed by atoms with Crippen molar-refractivity contribution in [2.75, 3.05) is 0 Å². The highest BCUT2D eigenvalue weighted by Crippen LogP contribution is 2.29. The van der Waals surface area contributed by atoms with E-state index in [1.165, 1.54) is 24.3 Å². The lowest BCUT2D eigenvalue weighted by Gasteiger charge is -2.20. The zero-order chi connectivity index (χ0) is 16.5. The fourth-order valence-electron chi connectivity index (χ4n) is 1.92. The van der Waals surface area contributed by atoms with E-state index in [2.05, 4.69) is 0 Å². The molecule has 5 heteroatoms. The Hall–Kier alpha value is -2.43. The van der Waals surface area contributed by atoms with E-state index in [9.17, 15) is 18.7 Å². The third-order valence-corrected chi connectivity index (χ3v) is 2.86. The van der Waals surface area contributed by atoms with Crippen LogP contribution in [-0.2, 0) is 4.74 Å². The Labute approximate surface area is 127 Å². The van der Waals surface area contributed by atoms with Gasteiger partial charge in [-0.1, -0.05) is 6.07 Å². The molecule has 22 heavy (non-hydrogen) atoms. The molecule has 0 bridgehead atoms. The van der Waals surface area contributed by atoms with Crippen molar-refractivity contribution in [1.82, 2.24) is 0 Å². The van der Waals surface area contributed by atoms with Gasteiger partial charge in [0.25, 0.3) is 0 Å². The molecule has 0 unspecified atom stereocenters. The molecule has 1 N–H and O–H groups in total. The van der Waals surface area contributed by atoms with Crippen molar-refractivity contribution < 1.29 is 23.4 Å². The molecule has 0 heterocycles. The van der Waals surface area contributed by atoms with Gasteiger partial charge in [0.15, 0.2) is 0 Å². The molecule has 116 valence electrons. The highest BCUT2D eigenvalue weighted by atomic mass is 19.1. The summed E-state index contributed by atoms with van der Waals surface area (Å²) in [5, 5.41) is 9.81. The molecule has 0 radical (unpaired) electrons. The molecule has 2 rings (SSSR count). The van der Waals surface area contributed by atoms with Gasteiger partial charge in [0, 0.05) is 11.6 Å². The van der Waals surface area contributed by atoms with Crippen molar-refractivity contribution in [2.45, 2.75) is 26.4 Å². The summed E-state index contributed by atoms with van der Waals surface area (Å²) in [4.78, 5) is 12.1. The summed E-state index contributed by atoms with van der Waals surface area (Å²) in [6, 6.07) is 7.19. The molecule has 2 aromatic carbocycles. The van der Waals surface area contributed by atoms with Crippen LogP contribution >= 0.6 is 0 Å². The van der Waals surface area contributed by atoms with Gasteiger partial charge in [-0.05, 0) is 50.6 Å². The lowest BCUT2D eigenvalue weighted by molar-refractivity contribution is 0.00668. The molecule has 2 aromatic rings. The molecule has 0 aliphatic carbocycles. The van der Waals surface area contributed by atoms with Crippen LogP contribution in [0.15, 0.2) is 36.4 Å². The molecule has 0 aliphatic rings. The van der Waals surface area contributed by atoms with Crippen LogP contribution in [-0.4, -0.2) is 16.7 Å². The first-order valence-electron chi connectivity index (χ1n) is 6.69. The van der Waals surface area contributed by atoms with Gasteiger partial charge >= 0.3 is 5.97 Å². The first kappa shape index (κ1) is 15.9. The van der Waals surface area contributed by atoms with Crippen LogP contribution in [0.5, 0.6) is 5.75 Å². The van der Waals surface area contributed by atoms with Gasteiger partial charge in [0.1, 0.15) is 28.5 Å². The van der Waals surface area contributed by atoms with E-state index >= 15 is 0 Å². The van der Waals surface area contributed by atoms with Crippen molar-refractivity contribution in [3.05, 3.63) is 53.6 Å². The molecule has 3 nitrogen and oxygen atoms in total. The van der Waals surface area contributed by atoms with E-state index in [-0.39, 0.29) is 16.9 Å². The van der Waals surface area contributed by atoms with Crippen molar-refractivity contribution in [2.24, 2.45) is 0 Å². The van der Waals surface area contributed by atoms with E-state index in [0.29, 0.717) is 5.56 Å². The summed E-state index contributed by atoms with van der Waals surface area (Å²) in [5.41, 5.74) is -0.320. The maximum absolute atomic E-state index is 13.8. The second-order valence-electron chi connectivity index (χ2n) is 5.86. The molecule has 0 aromatic heterocycles. The Morgan fingerprint density at radius 2 is 1.77 bits per heavy atom. The lowest BCUT2D eigenvalue weighted by atomic mass is 10.0. The number of hydrogen-bond acceptors (Lipinski definition) is 3. The highest BCUT2D eigenvalue weighted by molar-refractivity contribution is 5.94. The zero-order valence-corrected chi connectivity index (χ0v) is 12.5. The molecular weight excluding hydrogens is 290 g/mol. The average Bonchev–Trinajstić information content (AvgIpc) is 2.37. The normalized spacial score (nSPS) is 11.3. The average molecular weight is 306 g/mol. The molecule has 0 spiro atoms. The lowest BCUT2D eigenvalue weighted by Crippen LogP contribution is -2.24. The number of ether oxygens (including phenoxy) is 1. The Morgan fingerprint density at radius 3 is 2.36 bits per heavy atom. The standard InChI is InChI=1S/C17H16F2O3/c1-17(2,3)22-16(21)13-8-10(4-7-15(13)20)12-6-5-11(18)9-14(12)19/h4-9,20H,1-3H3. The number of hydrogen-bond donors (Lipinski definition) is 1. The Bertz CT molecular complexity index is 718. The third-order valence-electron chi connectivity index (χ3n) is 2.86. The fraction of sp³-hybridized carbons (Fsp3) is 0.235. The van der Waals surface area contributed by atoms with Crippen LogP contribution in [0.3, 0.4) is 0 Å². The van der Waals surface area contributed by atoms with Gasteiger partial charge in [-0.3, -0.25) is 0 Å². The molecule has 0 aliphatic heterocycles. The minimum Gasteiger partial charge on any atom is -0.507 e. The molecule has 0 amide bonds. The van der Waals surface area contributed by atoms with Crippen molar-refractivity contribution in [1.29, 1.82) is 0 Å². The molecular formula is C17H16F2O3. The van der Waals surface area contributed by atoms with E-state index < -0.39 is 23.2 Å². The minimum atomic E-state index is -0.749. The van der Waals surface area contributed by atoms with Gasteiger partial charge < -0.3 is 9.84 Å². The number of rotatable bonds is 2. The van der Waals surface area contributed by atoms with Crippen LogP contribution in [0.1, 0.15) is 31.1 Å². The van der Waals surface area contributed by atoms with E-state index in [1.807, 2.05) is 0 Å². The van der Waals surface area contributed by atoms with Crippen LogP contribution in [0, 0.1) is 11.6 Å². The fourth-order valence-corrected chi connectivity index (χ4v) is 1.92. The van der Waals surface area contributed by atoms with Gasteiger partial charge in [-0.15, -0.1) is 0 Å².